The van der Waals surface area contributed by atoms with Gasteiger partial charge in [-0.3, -0.25) is 5.32 Å². The first-order valence-corrected chi connectivity index (χ1v) is 8.02. The number of anilines is 1. The number of urea groups is 1. The van der Waals surface area contributed by atoms with E-state index in [2.05, 4.69) is 15.6 Å². The molecule has 25 heavy (non-hydrogen) atoms. The number of amides is 2. The highest BCUT2D eigenvalue weighted by Crippen LogP contribution is 2.36. The second-order valence-electron chi connectivity index (χ2n) is 5.92. The zero-order valence-corrected chi connectivity index (χ0v) is 14.2. The summed E-state index contributed by atoms with van der Waals surface area (Å²) in [4.78, 5) is 16.9. The maximum Gasteiger partial charge on any atom is 0.321 e. The Kier molecular flexibility index (Phi) is 4.76. The lowest BCUT2D eigenvalue weighted by Gasteiger charge is -2.38. The van der Waals surface area contributed by atoms with Gasteiger partial charge in [-0.2, -0.15) is 0 Å². The predicted octanol–water partition coefficient (Wildman–Crippen LogP) is 2.19. The molecule has 1 aromatic heterocycles. The number of carbonyl (C=O) groups is 1. The molecule has 0 saturated carbocycles. The molecule has 132 valence electrons. The van der Waals surface area contributed by atoms with E-state index in [-0.39, 0.29) is 6.61 Å². The van der Waals surface area contributed by atoms with Crippen LogP contribution in [0.5, 0.6) is 11.5 Å². The van der Waals surface area contributed by atoms with Gasteiger partial charge in [-0.1, -0.05) is 18.2 Å². The van der Waals surface area contributed by atoms with Gasteiger partial charge in [0.2, 0.25) is 0 Å². The van der Waals surface area contributed by atoms with Gasteiger partial charge in [0.05, 0.1) is 25.9 Å². The molecule has 2 heterocycles. The molecule has 1 aromatic carbocycles. The molecule has 0 saturated heterocycles. The lowest BCUT2D eigenvalue weighted by molar-refractivity contribution is 0.115. The van der Waals surface area contributed by atoms with Gasteiger partial charge in [0.15, 0.2) is 11.6 Å². The molecule has 2 amide bonds. The number of hydrogen-bond donors (Lipinski definition) is 3. The highest BCUT2D eigenvalue weighted by Gasteiger charge is 2.38. The highest BCUT2D eigenvalue weighted by molar-refractivity contribution is 5.90. The van der Waals surface area contributed by atoms with Crippen molar-refractivity contribution in [3.8, 4) is 11.5 Å². The molecule has 0 radical (unpaired) electrons. The number of nitrogens with one attached hydrogen (secondary N) is 2. The molecule has 2 aromatic rings. The van der Waals surface area contributed by atoms with Crippen molar-refractivity contribution in [1.82, 2.24) is 10.3 Å². The average Bonchev–Trinajstić information content (AvgIpc) is 2.62. The number of carbonyl (C=O) groups excluding carboxylic acids is 1. The second-order valence-corrected chi connectivity index (χ2v) is 5.92. The Morgan fingerprint density at radius 1 is 1.36 bits per heavy atom. The number of aliphatic hydroxyl groups is 1. The Morgan fingerprint density at radius 2 is 2.16 bits per heavy atom. The molecule has 0 bridgehead atoms. The van der Waals surface area contributed by atoms with Gasteiger partial charge in [-0.25, -0.2) is 9.78 Å². The Balaban J connectivity index is 1.84. The Labute approximate surface area is 146 Å². The third-order valence-electron chi connectivity index (χ3n) is 4.26. The number of hydrogen-bond acceptors (Lipinski definition) is 5. The topological polar surface area (TPSA) is 92.7 Å². The summed E-state index contributed by atoms with van der Waals surface area (Å²) in [5.41, 5.74) is 0.600. The fourth-order valence-corrected chi connectivity index (χ4v) is 2.95. The number of aryl methyl sites for hydroxylation is 1. The molecule has 1 aliphatic heterocycles. The number of benzene rings is 1. The van der Waals surface area contributed by atoms with Crippen LogP contribution in [0.15, 0.2) is 36.4 Å². The van der Waals surface area contributed by atoms with Gasteiger partial charge < -0.3 is 19.9 Å². The fourth-order valence-electron chi connectivity index (χ4n) is 2.95. The number of nitrogens with zero attached hydrogens (tertiary/aromatic N) is 1. The normalized spacial score (nSPS) is 18.7. The minimum absolute atomic E-state index is 0.237. The molecular weight excluding hydrogens is 322 g/mol. The maximum atomic E-state index is 12.6. The molecule has 7 heteroatoms. The number of fused-ring (bicyclic) bond motifs is 1. The number of para-hydroxylation sites is 1. The van der Waals surface area contributed by atoms with Crippen molar-refractivity contribution < 1.29 is 19.4 Å². The van der Waals surface area contributed by atoms with Crippen LogP contribution in [0.2, 0.25) is 0 Å². The summed E-state index contributed by atoms with van der Waals surface area (Å²) in [6.07, 6.45) is 0.465. The number of methoxy groups -OCH3 is 1. The second kappa shape index (κ2) is 6.98. The predicted molar refractivity (Wildman–Crippen MR) is 93.0 cm³/mol. The standard InChI is InChI=1S/C18H21N3O4/c1-12-7-8-15(24-2)16(19-12)20-17(23)21-18(11-22)9-10-25-14-6-4-3-5-13(14)18/h3-8,22H,9-11H2,1-2H3,(H2,19,20,21,23)/t18-/m1/s1. The average molecular weight is 343 g/mol. The summed E-state index contributed by atoms with van der Waals surface area (Å²) in [5, 5.41) is 15.6. The van der Waals surface area contributed by atoms with E-state index in [9.17, 15) is 9.90 Å². The summed E-state index contributed by atoms with van der Waals surface area (Å²) in [7, 11) is 1.51. The molecule has 3 N–H and O–H groups in total. The molecule has 0 unspecified atom stereocenters. The number of pyridine rings is 1. The van der Waals surface area contributed by atoms with Gasteiger partial charge in [-0.05, 0) is 25.1 Å². The van der Waals surface area contributed by atoms with E-state index in [1.165, 1.54) is 7.11 Å². The number of ether oxygens (including phenoxy) is 2. The molecule has 1 aliphatic rings. The van der Waals surface area contributed by atoms with Crippen LogP contribution < -0.4 is 20.1 Å². The van der Waals surface area contributed by atoms with Crippen LogP contribution in [0.1, 0.15) is 17.7 Å². The Bertz CT molecular complexity index is 781. The van der Waals surface area contributed by atoms with Crippen molar-refractivity contribution in [2.75, 3.05) is 25.6 Å². The van der Waals surface area contributed by atoms with E-state index in [1.54, 1.807) is 12.1 Å². The minimum Gasteiger partial charge on any atom is -0.493 e. The Hall–Kier alpha value is -2.80. The van der Waals surface area contributed by atoms with Crippen LogP contribution >= 0.6 is 0 Å². The molecule has 0 spiro atoms. The van der Waals surface area contributed by atoms with Crippen molar-refractivity contribution >= 4 is 11.8 Å². The van der Waals surface area contributed by atoms with E-state index >= 15 is 0 Å². The van der Waals surface area contributed by atoms with Crippen molar-refractivity contribution in [2.24, 2.45) is 0 Å². The lowest BCUT2D eigenvalue weighted by Crippen LogP contribution is -2.52. The third-order valence-corrected chi connectivity index (χ3v) is 4.26. The van der Waals surface area contributed by atoms with Crippen LogP contribution in [-0.2, 0) is 5.54 Å². The maximum absolute atomic E-state index is 12.6. The van der Waals surface area contributed by atoms with Crippen LogP contribution in [0.25, 0.3) is 0 Å². The van der Waals surface area contributed by atoms with Gasteiger partial charge in [0.25, 0.3) is 0 Å². The first-order valence-electron chi connectivity index (χ1n) is 8.02. The van der Waals surface area contributed by atoms with E-state index in [4.69, 9.17) is 9.47 Å². The lowest BCUT2D eigenvalue weighted by atomic mass is 9.85. The molecule has 0 fully saturated rings. The van der Waals surface area contributed by atoms with E-state index in [0.717, 1.165) is 11.3 Å². The first-order chi connectivity index (χ1) is 12.1. The van der Waals surface area contributed by atoms with Crippen LogP contribution in [0.4, 0.5) is 10.6 Å². The molecule has 7 nitrogen and oxygen atoms in total. The smallest absolute Gasteiger partial charge is 0.321 e. The zero-order chi connectivity index (χ0) is 17.9. The van der Waals surface area contributed by atoms with Crippen LogP contribution in [-0.4, -0.2) is 36.4 Å². The number of aliphatic hydroxyl groups excluding tert-OH is 1. The summed E-state index contributed by atoms with van der Waals surface area (Å²) in [6, 6.07) is 10.4. The highest BCUT2D eigenvalue weighted by atomic mass is 16.5. The van der Waals surface area contributed by atoms with Gasteiger partial charge in [0.1, 0.15) is 5.75 Å². The molecular formula is C18H21N3O4. The van der Waals surface area contributed by atoms with Crippen molar-refractivity contribution in [3.63, 3.8) is 0 Å². The summed E-state index contributed by atoms with van der Waals surface area (Å²) in [5.74, 6) is 1.45. The van der Waals surface area contributed by atoms with Crippen LogP contribution in [0.3, 0.4) is 0 Å². The van der Waals surface area contributed by atoms with E-state index < -0.39 is 11.6 Å². The summed E-state index contributed by atoms with van der Waals surface area (Å²) < 4.78 is 10.8. The monoisotopic (exact) mass is 343 g/mol. The number of rotatable bonds is 4. The van der Waals surface area contributed by atoms with Gasteiger partial charge in [-0.15, -0.1) is 0 Å². The largest absolute Gasteiger partial charge is 0.493 e. The molecule has 1 atom stereocenters. The summed E-state index contributed by atoms with van der Waals surface area (Å²) in [6.45, 7) is 2.00. The third kappa shape index (κ3) is 3.36. The Morgan fingerprint density at radius 3 is 2.92 bits per heavy atom. The summed E-state index contributed by atoms with van der Waals surface area (Å²) >= 11 is 0. The van der Waals surface area contributed by atoms with Crippen molar-refractivity contribution in [3.05, 3.63) is 47.7 Å². The van der Waals surface area contributed by atoms with E-state index in [1.807, 2.05) is 31.2 Å². The molecule has 3 rings (SSSR count). The first kappa shape index (κ1) is 17.0. The SMILES string of the molecule is COc1ccc(C)nc1NC(=O)N[C@@]1(CO)CCOc2ccccc21. The molecule has 0 aliphatic carbocycles. The van der Waals surface area contributed by atoms with Gasteiger partial charge in [0, 0.05) is 17.7 Å². The van der Waals surface area contributed by atoms with Gasteiger partial charge >= 0.3 is 6.03 Å². The van der Waals surface area contributed by atoms with Crippen LogP contribution in [0, 0.1) is 6.92 Å². The minimum atomic E-state index is -0.907. The van der Waals surface area contributed by atoms with E-state index in [0.29, 0.717) is 30.3 Å². The zero-order valence-electron chi connectivity index (χ0n) is 14.2. The quantitative estimate of drug-likeness (QED) is 0.791. The fraction of sp³-hybridized carbons (Fsp3) is 0.333. The van der Waals surface area contributed by atoms with Crippen molar-refractivity contribution in [2.45, 2.75) is 18.9 Å². The number of aromatic nitrogens is 1. The van der Waals surface area contributed by atoms with Crippen molar-refractivity contribution in [1.29, 1.82) is 0 Å².